The molecule has 0 saturated heterocycles. The standard InChI is InChI=1S/C28H52/c1-5-9-13-19-25-21-17-18-22-26(20-14-10-6-2)28(24-16-12-8-4)27(25)23-15-11-7-3/h21,27H,5-20,22-24H2,1-4H3/b25-21-,28-26-. The van der Waals surface area contributed by atoms with Gasteiger partial charge in [0.25, 0.3) is 0 Å². The van der Waals surface area contributed by atoms with Gasteiger partial charge < -0.3 is 0 Å². The lowest BCUT2D eigenvalue weighted by atomic mass is 9.76. The molecule has 0 heteroatoms. The molecule has 0 fully saturated rings. The van der Waals surface area contributed by atoms with Crippen molar-refractivity contribution >= 4 is 0 Å². The molecular weight excluding hydrogens is 336 g/mol. The normalized spacial score (nSPS) is 22.6. The van der Waals surface area contributed by atoms with Crippen LogP contribution < -0.4 is 0 Å². The third-order valence-corrected chi connectivity index (χ3v) is 6.71. The van der Waals surface area contributed by atoms with E-state index in [0.717, 1.165) is 5.92 Å². The highest BCUT2D eigenvalue weighted by Crippen LogP contribution is 2.39. The molecule has 1 atom stereocenters. The van der Waals surface area contributed by atoms with Crippen molar-refractivity contribution in [2.24, 2.45) is 5.92 Å². The summed E-state index contributed by atoms with van der Waals surface area (Å²) in [6.07, 6.45) is 29.0. The third-order valence-electron chi connectivity index (χ3n) is 6.71. The molecule has 1 unspecified atom stereocenters. The molecule has 0 aromatic heterocycles. The van der Waals surface area contributed by atoms with E-state index < -0.39 is 0 Å². The molecule has 28 heavy (non-hydrogen) atoms. The van der Waals surface area contributed by atoms with Gasteiger partial charge in [-0.25, -0.2) is 0 Å². The first-order valence-electron chi connectivity index (χ1n) is 13.2. The average molecular weight is 389 g/mol. The van der Waals surface area contributed by atoms with Crippen LogP contribution in [0.1, 0.15) is 150 Å². The molecule has 0 radical (unpaired) electrons. The molecule has 0 bridgehead atoms. The van der Waals surface area contributed by atoms with Gasteiger partial charge in [-0.05, 0) is 64.2 Å². The molecule has 0 saturated carbocycles. The summed E-state index contributed by atoms with van der Waals surface area (Å²) >= 11 is 0. The van der Waals surface area contributed by atoms with Gasteiger partial charge in [-0.1, -0.05) is 108 Å². The molecule has 0 aromatic carbocycles. The molecule has 0 aromatic rings. The quantitative estimate of drug-likeness (QED) is 0.182. The fraction of sp³-hybridized carbons (Fsp3) is 0.857. The van der Waals surface area contributed by atoms with E-state index in [4.69, 9.17) is 0 Å². The van der Waals surface area contributed by atoms with Gasteiger partial charge in [0, 0.05) is 5.92 Å². The number of hydrogen-bond donors (Lipinski definition) is 0. The zero-order valence-electron chi connectivity index (χ0n) is 20.1. The van der Waals surface area contributed by atoms with Crippen LogP contribution in [-0.4, -0.2) is 0 Å². The largest absolute Gasteiger partial charge is 0.0847 e. The molecule has 164 valence electrons. The average Bonchev–Trinajstić information content (AvgIpc) is 2.69. The monoisotopic (exact) mass is 388 g/mol. The van der Waals surface area contributed by atoms with E-state index >= 15 is 0 Å². The number of rotatable bonds is 16. The summed E-state index contributed by atoms with van der Waals surface area (Å²) in [5.74, 6) is 0.789. The fourth-order valence-corrected chi connectivity index (χ4v) is 4.98. The van der Waals surface area contributed by atoms with Crippen LogP contribution in [0.4, 0.5) is 0 Å². The lowest BCUT2D eigenvalue weighted by Gasteiger charge is -2.30. The van der Waals surface area contributed by atoms with Crippen molar-refractivity contribution in [2.45, 2.75) is 150 Å². The summed E-state index contributed by atoms with van der Waals surface area (Å²) in [7, 11) is 0. The van der Waals surface area contributed by atoms with E-state index in [2.05, 4.69) is 33.8 Å². The van der Waals surface area contributed by atoms with Gasteiger partial charge in [-0.15, -0.1) is 0 Å². The van der Waals surface area contributed by atoms with Crippen LogP contribution >= 0.6 is 0 Å². The highest BCUT2D eigenvalue weighted by atomic mass is 14.3. The predicted octanol–water partition coefficient (Wildman–Crippen LogP) is 10.3. The smallest absolute Gasteiger partial charge is 0.000959 e. The van der Waals surface area contributed by atoms with Crippen LogP contribution in [0, 0.1) is 5.92 Å². The maximum Gasteiger partial charge on any atom is 0.000959 e. The molecular formula is C28H52. The van der Waals surface area contributed by atoms with E-state index in [1.165, 1.54) is 122 Å². The SMILES string of the molecule is CCCCC/C1=C/CCC/C(CCCCC)=C(/CCCCC)C1CCCCC. The molecule has 0 N–H and O–H groups in total. The van der Waals surface area contributed by atoms with E-state index in [0.29, 0.717) is 0 Å². The van der Waals surface area contributed by atoms with Crippen molar-refractivity contribution < 1.29 is 0 Å². The minimum atomic E-state index is 0.789. The molecule has 1 aliphatic carbocycles. The zero-order valence-corrected chi connectivity index (χ0v) is 20.1. The van der Waals surface area contributed by atoms with Gasteiger partial charge >= 0.3 is 0 Å². The number of hydrogen-bond acceptors (Lipinski definition) is 0. The molecule has 1 aliphatic rings. The first-order valence-corrected chi connectivity index (χ1v) is 13.2. The van der Waals surface area contributed by atoms with Gasteiger partial charge in [-0.3, -0.25) is 0 Å². The van der Waals surface area contributed by atoms with E-state index in [9.17, 15) is 0 Å². The molecule has 0 aliphatic heterocycles. The van der Waals surface area contributed by atoms with E-state index in [1.54, 1.807) is 0 Å². The minimum Gasteiger partial charge on any atom is -0.0847 e. The van der Waals surface area contributed by atoms with E-state index in [1.807, 2.05) is 16.7 Å². The molecule has 1 rings (SSSR count). The Labute approximate surface area is 178 Å². The molecule has 0 nitrogen and oxygen atoms in total. The highest BCUT2D eigenvalue weighted by molar-refractivity contribution is 5.28. The highest BCUT2D eigenvalue weighted by Gasteiger charge is 2.23. The van der Waals surface area contributed by atoms with E-state index in [-0.39, 0.29) is 0 Å². The van der Waals surface area contributed by atoms with Crippen molar-refractivity contribution in [3.05, 3.63) is 22.8 Å². The Kier molecular flexibility index (Phi) is 15.8. The third kappa shape index (κ3) is 10.3. The van der Waals surface area contributed by atoms with Crippen LogP contribution in [0.25, 0.3) is 0 Å². The lowest BCUT2D eigenvalue weighted by Crippen LogP contribution is -2.14. The summed E-state index contributed by atoms with van der Waals surface area (Å²) in [6.45, 7) is 9.39. The summed E-state index contributed by atoms with van der Waals surface area (Å²) < 4.78 is 0. The van der Waals surface area contributed by atoms with Crippen LogP contribution in [0.3, 0.4) is 0 Å². The van der Waals surface area contributed by atoms with Crippen molar-refractivity contribution in [1.29, 1.82) is 0 Å². The lowest BCUT2D eigenvalue weighted by molar-refractivity contribution is 0.507. The molecule has 0 amide bonds. The Bertz CT molecular complexity index is 425. The second-order valence-corrected chi connectivity index (χ2v) is 9.22. The van der Waals surface area contributed by atoms with Crippen molar-refractivity contribution in [3.8, 4) is 0 Å². The van der Waals surface area contributed by atoms with Crippen molar-refractivity contribution in [3.63, 3.8) is 0 Å². The maximum absolute atomic E-state index is 2.69. The minimum absolute atomic E-state index is 0.789. The Hall–Kier alpha value is -0.520. The first-order chi connectivity index (χ1) is 13.8. The first kappa shape index (κ1) is 25.5. The van der Waals surface area contributed by atoms with Gasteiger partial charge in [0.05, 0.1) is 0 Å². The van der Waals surface area contributed by atoms with Crippen LogP contribution in [0.5, 0.6) is 0 Å². The molecule has 0 spiro atoms. The van der Waals surface area contributed by atoms with Gasteiger partial charge in [0.2, 0.25) is 0 Å². The number of unbranched alkanes of at least 4 members (excludes halogenated alkanes) is 8. The zero-order chi connectivity index (χ0) is 20.5. The topological polar surface area (TPSA) is 0 Å². The Morgan fingerprint density at radius 3 is 1.89 bits per heavy atom. The summed E-state index contributed by atoms with van der Waals surface area (Å²) in [4.78, 5) is 0. The van der Waals surface area contributed by atoms with Crippen molar-refractivity contribution in [1.82, 2.24) is 0 Å². The van der Waals surface area contributed by atoms with Crippen molar-refractivity contribution in [2.75, 3.05) is 0 Å². The maximum atomic E-state index is 2.69. The van der Waals surface area contributed by atoms with Gasteiger partial charge in [0.1, 0.15) is 0 Å². The van der Waals surface area contributed by atoms with Crippen LogP contribution in [0.15, 0.2) is 22.8 Å². The van der Waals surface area contributed by atoms with Crippen LogP contribution in [0.2, 0.25) is 0 Å². The van der Waals surface area contributed by atoms with Gasteiger partial charge in [0.15, 0.2) is 0 Å². The second kappa shape index (κ2) is 17.3. The number of allylic oxidation sites excluding steroid dienone is 4. The summed E-state index contributed by atoms with van der Waals surface area (Å²) in [5.41, 5.74) is 5.65. The summed E-state index contributed by atoms with van der Waals surface area (Å²) in [5, 5.41) is 0. The second-order valence-electron chi connectivity index (χ2n) is 9.22. The Morgan fingerprint density at radius 2 is 1.25 bits per heavy atom. The van der Waals surface area contributed by atoms with Gasteiger partial charge in [-0.2, -0.15) is 0 Å². The summed E-state index contributed by atoms with van der Waals surface area (Å²) in [6, 6.07) is 0. The Morgan fingerprint density at radius 1 is 0.679 bits per heavy atom. The molecule has 0 heterocycles. The Balaban J connectivity index is 3.08. The predicted molar refractivity (Wildman–Crippen MR) is 129 cm³/mol. The van der Waals surface area contributed by atoms with Crippen LogP contribution in [-0.2, 0) is 0 Å². The fourth-order valence-electron chi connectivity index (χ4n) is 4.98.